The molecule has 1 aliphatic rings. The Morgan fingerprint density at radius 2 is 1.88 bits per heavy atom. The SMILES string of the molecule is COc1ccc([C@H]2SCC(=O)N2C[C@@H](O)c2ccccc2)cc1OC. The van der Waals surface area contributed by atoms with Crippen LogP contribution in [-0.2, 0) is 4.79 Å². The van der Waals surface area contributed by atoms with Gasteiger partial charge in [0.1, 0.15) is 5.37 Å². The Bertz CT molecular complexity index is 737. The van der Waals surface area contributed by atoms with Gasteiger partial charge in [0, 0.05) is 0 Å². The fraction of sp³-hybridized carbons (Fsp3) is 0.316. The summed E-state index contributed by atoms with van der Waals surface area (Å²) in [5, 5.41) is 10.4. The fourth-order valence-electron chi connectivity index (χ4n) is 2.90. The lowest BCUT2D eigenvalue weighted by Crippen LogP contribution is -2.32. The molecule has 6 heteroatoms. The first-order valence-corrected chi connectivity index (χ1v) is 9.05. The minimum Gasteiger partial charge on any atom is -0.493 e. The minimum atomic E-state index is -0.716. The second-order valence-electron chi connectivity index (χ2n) is 5.75. The predicted molar refractivity (Wildman–Crippen MR) is 97.9 cm³/mol. The molecule has 3 rings (SSSR count). The van der Waals surface area contributed by atoms with Gasteiger partial charge < -0.3 is 19.5 Å². The molecule has 0 bridgehead atoms. The van der Waals surface area contributed by atoms with Crippen molar-refractivity contribution in [2.24, 2.45) is 0 Å². The summed E-state index contributed by atoms with van der Waals surface area (Å²) in [5.74, 6) is 1.71. The summed E-state index contributed by atoms with van der Waals surface area (Å²) in [7, 11) is 3.18. The number of hydrogen-bond donors (Lipinski definition) is 1. The molecule has 2 aromatic rings. The minimum absolute atomic E-state index is 0.0276. The van der Waals surface area contributed by atoms with E-state index in [2.05, 4.69) is 0 Å². The van der Waals surface area contributed by atoms with Crippen LogP contribution in [-0.4, -0.2) is 42.4 Å². The number of rotatable bonds is 6. The van der Waals surface area contributed by atoms with Crippen molar-refractivity contribution >= 4 is 17.7 Å². The van der Waals surface area contributed by atoms with Gasteiger partial charge in [-0.05, 0) is 23.3 Å². The molecule has 1 saturated heterocycles. The molecule has 1 aliphatic heterocycles. The van der Waals surface area contributed by atoms with Gasteiger partial charge in [-0.15, -0.1) is 11.8 Å². The van der Waals surface area contributed by atoms with Crippen molar-refractivity contribution in [3.8, 4) is 11.5 Å². The number of amides is 1. The van der Waals surface area contributed by atoms with E-state index in [0.717, 1.165) is 11.1 Å². The highest BCUT2D eigenvalue weighted by Crippen LogP contribution is 2.42. The summed E-state index contributed by atoms with van der Waals surface area (Å²) in [6.07, 6.45) is -0.716. The predicted octanol–water partition coefficient (Wildman–Crippen LogP) is 3.01. The molecule has 132 valence electrons. The number of carbonyl (C=O) groups is 1. The van der Waals surface area contributed by atoms with Gasteiger partial charge in [0.15, 0.2) is 11.5 Å². The van der Waals surface area contributed by atoms with E-state index in [4.69, 9.17) is 9.47 Å². The van der Waals surface area contributed by atoms with Gasteiger partial charge in [-0.1, -0.05) is 36.4 Å². The van der Waals surface area contributed by atoms with Crippen LogP contribution < -0.4 is 9.47 Å². The molecule has 2 aromatic carbocycles. The molecule has 0 spiro atoms. The highest BCUT2D eigenvalue weighted by atomic mass is 32.2. The molecular formula is C19H21NO4S. The highest BCUT2D eigenvalue weighted by Gasteiger charge is 2.34. The first-order chi connectivity index (χ1) is 12.1. The van der Waals surface area contributed by atoms with Gasteiger partial charge in [0.05, 0.1) is 32.6 Å². The van der Waals surface area contributed by atoms with Gasteiger partial charge in [-0.2, -0.15) is 0 Å². The third kappa shape index (κ3) is 3.75. The lowest BCUT2D eigenvalue weighted by Gasteiger charge is -2.27. The van der Waals surface area contributed by atoms with E-state index >= 15 is 0 Å². The van der Waals surface area contributed by atoms with Crippen LogP contribution >= 0.6 is 11.8 Å². The van der Waals surface area contributed by atoms with Crippen LogP contribution in [0.2, 0.25) is 0 Å². The van der Waals surface area contributed by atoms with E-state index in [0.29, 0.717) is 17.3 Å². The van der Waals surface area contributed by atoms with Crippen LogP contribution in [0.4, 0.5) is 0 Å². The molecule has 1 amide bonds. The summed E-state index contributed by atoms with van der Waals surface area (Å²) < 4.78 is 10.6. The van der Waals surface area contributed by atoms with E-state index in [9.17, 15) is 9.90 Å². The largest absolute Gasteiger partial charge is 0.493 e. The van der Waals surface area contributed by atoms with Crippen molar-refractivity contribution in [3.05, 3.63) is 59.7 Å². The zero-order valence-corrected chi connectivity index (χ0v) is 15.0. The fourth-order valence-corrected chi connectivity index (χ4v) is 4.09. The van der Waals surface area contributed by atoms with E-state index in [-0.39, 0.29) is 17.8 Å². The third-order valence-electron chi connectivity index (χ3n) is 4.21. The number of β-amino-alcohol motifs (C(OH)–C–C–N with tert-alkyl or cyclic N) is 1. The molecule has 1 heterocycles. The Morgan fingerprint density at radius 3 is 2.56 bits per heavy atom. The summed E-state index contributed by atoms with van der Waals surface area (Å²) in [6.45, 7) is 0.259. The second kappa shape index (κ2) is 7.80. The average molecular weight is 359 g/mol. The molecule has 0 radical (unpaired) electrons. The Balaban J connectivity index is 1.82. The summed E-state index contributed by atoms with van der Waals surface area (Å²) in [4.78, 5) is 14.1. The summed E-state index contributed by atoms with van der Waals surface area (Å²) in [6, 6.07) is 15.0. The Kier molecular flexibility index (Phi) is 5.50. The Morgan fingerprint density at radius 1 is 1.16 bits per heavy atom. The first kappa shape index (κ1) is 17.6. The van der Waals surface area contributed by atoms with Gasteiger partial charge in [-0.25, -0.2) is 0 Å². The topological polar surface area (TPSA) is 59.0 Å². The van der Waals surface area contributed by atoms with Crippen molar-refractivity contribution in [2.75, 3.05) is 26.5 Å². The molecule has 1 N–H and O–H groups in total. The van der Waals surface area contributed by atoms with Gasteiger partial charge in [0.25, 0.3) is 0 Å². The van der Waals surface area contributed by atoms with Gasteiger partial charge in [-0.3, -0.25) is 4.79 Å². The smallest absolute Gasteiger partial charge is 0.233 e. The number of nitrogens with zero attached hydrogens (tertiary/aromatic N) is 1. The van der Waals surface area contributed by atoms with Crippen molar-refractivity contribution in [3.63, 3.8) is 0 Å². The molecule has 2 atom stereocenters. The lowest BCUT2D eigenvalue weighted by molar-refractivity contribution is -0.129. The van der Waals surface area contributed by atoms with E-state index in [1.807, 2.05) is 48.5 Å². The molecule has 0 aromatic heterocycles. The maximum Gasteiger partial charge on any atom is 0.233 e. The molecule has 25 heavy (non-hydrogen) atoms. The molecular weight excluding hydrogens is 338 g/mol. The molecule has 1 fully saturated rings. The summed E-state index contributed by atoms with van der Waals surface area (Å²) in [5.41, 5.74) is 1.76. The average Bonchev–Trinajstić information content (AvgIpc) is 3.02. The first-order valence-electron chi connectivity index (χ1n) is 8.00. The molecule has 0 saturated carbocycles. The van der Waals surface area contributed by atoms with E-state index in [1.54, 1.807) is 30.9 Å². The number of benzene rings is 2. The highest BCUT2D eigenvalue weighted by molar-refractivity contribution is 8.00. The normalized spacial score (nSPS) is 18.3. The van der Waals surface area contributed by atoms with Gasteiger partial charge in [0.2, 0.25) is 5.91 Å². The number of hydrogen-bond acceptors (Lipinski definition) is 5. The number of aliphatic hydroxyl groups excluding tert-OH is 1. The molecule has 5 nitrogen and oxygen atoms in total. The van der Waals surface area contributed by atoms with Crippen LogP contribution in [0.1, 0.15) is 22.6 Å². The van der Waals surface area contributed by atoms with Crippen LogP contribution in [0.3, 0.4) is 0 Å². The lowest BCUT2D eigenvalue weighted by atomic mass is 10.1. The molecule has 0 unspecified atom stereocenters. The van der Waals surface area contributed by atoms with Crippen molar-refractivity contribution in [1.29, 1.82) is 0 Å². The maximum atomic E-state index is 12.3. The number of ether oxygens (including phenoxy) is 2. The zero-order chi connectivity index (χ0) is 17.8. The van der Waals surface area contributed by atoms with Crippen LogP contribution in [0.25, 0.3) is 0 Å². The van der Waals surface area contributed by atoms with Crippen LogP contribution in [0.5, 0.6) is 11.5 Å². The number of carbonyl (C=O) groups excluding carboxylic acids is 1. The zero-order valence-electron chi connectivity index (χ0n) is 14.2. The van der Waals surface area contributed by atoms with Crippen molar-refractivity contribution < 1.29 is 19.4 Å². The Labute approximate surface area is 151 Å². The second-order valence-corrected chi connectivity index (χ2v) is 6.82. The number of methoxy groups -OCH3 is 2. The number of thioether (sulfide) groups is 1. The third-order valence-corrected chi connectivity index (χ3v) is 5.47. The summed E-state index contributed by atoms with van der Waals surface area (Å²) >= 11 is 1.55. The standard InChI is InChI=1S/C19H21NO4S/c1-23-16-9-8-14(10-17(16)24-2)19-20(18(22)12-25-19)11-15(21)13-6-4-3-5-7-13/h3-10,15,19,21H,11-12H2,1-2H3/t15-,19-/m1/s1. The number of aliphatic hydroxyl groups is 1. The van der Waals surface area contributed by atoms with Crippen molar-refractivity contribution in [2.45, 2.75) is 11.5 Å². The molecule has 0 aliphatic carbocycles. The Hall–Kier alpha value is -2.18. The van der Waals surface area contributed by atoms with E-state index < -0.39 is 6.10 Å². The van der Waals surface area contributed by atoms with Crippen LogP contribution in [0, 0.1) is 0 Å². The van der Waals surface area contributed by atoms with Crippen molar-refractivity contribution in [1.82, 2.24) is 4.90 Å². The monoisotopic (exact) mass is 359 g/mol. The van der Waals surface area contributed by atoms with Gasteiger partial charge >= 0.3 is 0 Å². The van der Waals surface area contributed by atoms with Crippen LogP contribution in [0.15, 0.2) is 48.5 Å². The quantitative estimate of drug-likeness (QED) is 0.859. The van der Waals surface area contributed by atoms with E-state index in [1.165, 1.54) is 0 Å². The maximum absolute atomic E-state index is 12.3.